The molecule has 3 heteroatoms. The van der Waals surface area contributed by atoms with Crippen molar-refractivity contribution in [2.45, 2.75) is 57.6 Å². The summed E-state index contributed by atoms with van der Waals surface area (Å²) in [5.74, 6) is 0.761. The van der Waals surface area contributed by atoms with E-state index in [1.165, 1.54) is 32.1 Å². The summed E-state index contributed by atoms with van der Waals surface area (Å²) in [5, 5.41) is 3.55. The first-order valence-corrected chi connectivity index (χ1v) is 6.81. The number of ether oxygens (including phenoxy) is 1. The van der Waals surface area contributed by atoms with E-state index in [0.717, 1.165) is 25.5 Å². The van der Waals surface area contributed by atoms with Crippen molar-refractivity contribution in [1.29, 1.82) is 0 Å². The third-order valence-corrected chi connectivity index (χ3v) is 3.33. The molecule has 1 rings (SSSR count). The van der Waals surface area contributed by atoms with Gasteiger partial charge >= 0.3 is 0 Å². The zero-order valence-corrected chi connectivity index (χ0v) is 10.6. The van der Waals surface area contributed by atoms with Gasteiger partial charge in [0.2, 0.25) is 0 Å². The van der Waals surface area contributed by atoms with Crippen LogP contribution in [-0.2, 0) is 4.74 Å². The van der Waals surface area contributed by atoms with E-state index in [9.17, 15) is 0 Å². The quantitative estimate of drug-likeness (QED) is 0.514. The second-order valence-corrected chi connectivity index (χ2v) is 4.69. The molecule has 2 unspecified atom stereocenters. The average molecular weight is 234 g/mol. The molecule has 0 spiro atoms. The van der Waals surface area contributed by atoms with Gasteiger partial charge in [0.1, 0.15) is 0 Å². The van der Waals surface area contributed by atoms with Crippen LogP contribution in [0.1, 0.15) is 45.4 Å². The van der Waals surface area contributed by atoms with Crippen molar-refractivity contribution in [3.63, 3.8) is 0 Å². The summed E-state index contributed by atoms with van der Waals surface area (Å²) in [6.07, 6.45) is 7.75. The summed E-state index contributed by atoms with van der Waals surface area (Å²) in [7, 11) is 0. The van der Waals surface area contributed by atoms with E-state index in [4.69, 9.17) is 16.3 Å². The Morgan fingerprint density at radius 1 is 1.53 bits per heavy atom. The Bertz CT molecular complexity index is 149. The SMILES string of the molecule is CCC(CCCl)NCCCC1CCCO1. The molecule has 15 heavy (non-hydrogen) atoms. The first-order valence-electron chi connectivity index (χ1n) is 6.27. The summed E-state index contributed by atoms with van der Waals surface area (Å²) < 4.78 is 5.58. The number of nitrogens with one attached hydrogen (secondary N) is 1. The van der Waals surface area contributed by atoms with E-state index in [1.54, 1.807) is 0 Å². The zero-order valence-electron chi connectivity index (χ0n) is 9.80. The Morgan fingerprint density at radius 3 is 3.00 bits per heavy atom. The minimum Gasteiger partial charge on any atom is -0.378 e. The van der Waals surface area contributed by atoms with E-state index in [0.29, 0.717) is 12.1 Å². The third-order valence-electron chi connectivity index (χ3n) is 3.11. The van der Waals surface area contributed by atoms with Crippen molar-refractivity contribution in [3.8, 4) is 0 Å². The van der Waals surface area contributed by atoms with Gasteiger partial charge in [-0.1, -0.05) is 6.92 Å². The molecule has 90 valence electrons. The van der Waals surface area contributed by atoms with Gasteiger partial charge < -0.3 is 10.1 Å². The number of rotatable bonds is 8. The Labute approximate surface area is 98.7 Å². The van der Waals surface area contributed by atoms with Crippen LogP contribution in [0, 0.1) is 0 Å². The lowest BCUT2D eigenvalue weighted by Gasteiger charge is -2.16. The summed E-state index contributed by atoms with van der Waals surface area (Å²) >= 11 is 5.73. The molecule has 0 aliphatic carbocycles. The molecule has 1 aliphatic rings. The predicted molar refractivity (Wildman–Crippen MR) is 65.6 cm³/mol. The van der Waals surface area contributed by atoms with Gasteiger partial charge in [-0.15, -0.1) is 11.6 Å². The molecule has 1 aliphatic heterocycles. The maximum atomic E-state index is 5.73. The van der Waals surface area contributed by atoms with E-state index >= 15 is 0 Å². The Morgan fingerprint density at radius 2 is 2.40 bits per heavy atom. The number of hydrogen-bond donors (Lipinski definition) is 1. The monoisotopic (exact) mass is 233 g/mol. The maximum Gasteiger partial charge on any atom is 0.0576 e. The first kappa shape index (κ1) is 13.3. The van der Waals surface area contributed by atoms with Crippen LogP contribution in [0.25, 0.3) is 0 Å². The average Bonchev–Trinajstić information content (AvgIpc) is 2.75. The minimum atomic E-state index is 0.542. The van der Waals surface area contributed by atoms with Gasteiger partial charge in [-0.25, -0.2) is 0 Å². The molecule has 0 aromatic carbocycles. The summed E-state index contributed by atoms with van der Waals surface area (Å²) in [4.78, 5) is 0. The third kappa shape index (κ3) is 5.74. The van der Waals surface area contributed by atoms with Crippen LogP contribution in [-0.4, -0.2) is 31.2 Å². The Balaban J connectivity index is 1.94. The second kappa shape index (κ2) is 8.37. The van der Waals surface area contributed by atoms with E-state index in [-0.39, 0.29) is 0 Å². The topological polar surface area (TPSA) is 21.3 Å². The molecular formula is C12H24ClNO. The zero-order chi connectivity index (χ0) is 10.9. The normalized spacial score (nSPS) is 23.2. The molecule has 0 aromatic heterocycles. The van der Waals surface area contributed by atoms with Crippen molar-refractivity contribution < 1.29 is 4.74 Å². The fraction of sp³-hybridized carbons (Fsp3) is 1.00. The second-order valence-electron chi connectivity index (χ2n) is 4.31. The number of halogens is 1. The van der Waals surface area contributed by atoms with Crippen molar-refractivity contribution in [3.05, 3.63) is 0 Å². The van der Waals surface area contributed by atoms with E-state index < -0.39 is 0 Å². The highest BCUT2D eigenvalue weighted by Crippen LogP contribution is 2.16. The fourth-order valence-corrected chi connectivity index (χ4v) is 2.35. The molecule has 1 saturated heterocycles. The molecule has 0 bridgehead atoms. The van der Waals surface area contributed by atoms with Crippen molar-refractivity contribution >= 4 is 11.6 Å². The lowest BCUT2D eigenvalue weighted by atomic mass is 10.1. The Hall–Kier alpha value is 0.210. The largest absolute Gasteiger partial charge is 0.378 e. The molecule has 0 amide bonds. The highest BCUT2D eigenvalue weighted by molar-refractivity contribution is 6.17. The van der Waals surface area contributed by atoms with Gasteiger partial charge in [0.05, 0.1) is 6.10 Å². The van der Waals surface area contributed by atoms with Crippen molar-refractivity contribution in [2.75, 3.05) is 19.0 Å². The highest BCUT2D eigenvalue weighted by atomic mass is 35.5. The highest BCUT2D eigenvalue weighted by Gasteiger charge is 2.14. The molecular weight excluding hydrogens is 210 g/mol. The van der Waals surface area contributed by atoms with Gasteiger partial charge in [-0.2, -0.15) is 0 Å². The van der Waals surface area contributed by atoms with Crippen LogP contribution in [0.4, 0.5) is 0 Å². The molecule has 1 fully saturated rings. The Kier molecular flexibility index (Phi) is 7.41. The van der Waals surface area contributed by atoms with Crippen LogP contribution >= 0.6 is 11.6 Å². The van der Waals surface area contributed by atoms with Crippen LogP contribution < -0.4 is 5.32 Å². The molecule has 2 nitrogen and oxygen atoms in total. The van der Waals surface area contributed by atoms with Crippen LogP contribution in [0.15, 0.2) is 0 Å². The van der Waals surface area contributed by atoms with Crippen molar-refractivity contribution in [1.82, 2.24) is 5.32 Å². The van der Waals surface area contributed by atoms with Gasteiger partial charge in [0, 0.05) is 18.5 Å². The van der Waals surface area contributed by atoms with E-state index in [1.807, 2.05) is 0 Å². The van der Waals surface area contributed by atoms with Crippen molar-refractivity contribution in [2.24, 2.45) is 0 Å². The van der Waals surface area contributed by atoms with Crippen LogP contribution in [0.5, 0.6) is 0 Å². The number of hydrogen-bond acceptors (Lipinski definition) is 2. The van der Waals surface area contributed by atoms with Gasteiger partial charge in [0.15, 0.2) is 0 Å². The van der Waals surface area contributed by atoms with Gasteiger partial charge in [0.25, 0.3) is 0 Å². The summed E-state index contributed by atoms with van der Waals surface area (Å²) in [5.41, 5.74) is 0. The summed E-state index contributed by atoms with van der Waals surface area (Å²) in [6, 6.07) is 0.604. The first-order chi connectivity index (χ1) is 7.36. The molecule has 1 N–H and O–H groups in total. The molecule has 0 radical (unpaired) electrons. The van der Waals surface area contributed by atoms with Gasteiger partial charge in [-0.05, 0) is 45.1 Å². The molecule has 0 saturated carbocycles. The fourth-order valence-electron chi connectivity index (χ4n) is 2.09. The lowest BCUT2D eigenvalue weighted by molar-refractivity contribution is 0.102. The predicted octanol–water partition coefficient (Wildman–Crippen LogP) is 2.94. The van der Waals surface area contributed by atoms with Gasteiger partial charge in [-0.3, -0.25) is 0 Å². The van der Waals surface area contributed by atoms with Crippen LogP contribution in [0.2, 0.25) is 0 Å². The smallest absolute Gasteiger partial charge is 0.0576 e. The van der Waals surface area contributed by atoms with E-state index in [2.05, 4.69) is 12.2 Å². The maximum absolute atomic E-state index is 5.73. The molecule has 0 aromatic rings. The lowest BCUT2D eigenvalue weighted by Crippen LogP contribution is -2.30. The standard InChI is InChI=1S/C12H24ClNO/c1-2-11(7-8-13)14-9-3-5-12-6-4-10-15-12/h11-12,14H,2-10H2,1H3. The molecule has 2 atom stereocenters. The summed E-state index contributed by atoms with van der Waals surface area (Å²) in [6.45, 7) is 4.29. The van der Waals surface area contributed by atoms with Crippen LogP contribution in [0.3, 0.4) is 0 Å². The minimum absolute atomic E-state index is 0.542. The molecule has 1 heterocycles. The number of alkyl halides is 1.